The number of rotatable bonds is 8. The molecule has 8 heteroatoms. The Kier molecular flexibility index (Phi) is 6.80. The lowest BCUT2D eigenvalue weighted by molar-refractivity contribution is -0.119. The first-order chi connectivity index (χ1) is 11.9. The minimum absolute atomic E-state index is 0.0837. The quantitative estimate of drug-likeness (QED) is 0.728. The van der Waals surface area contributed by atoms with Gasteiger partial charge in [0, 0.05) is 25.3 Å². The van der Waals surface area contributed by atoms with Crippen molar-refractivity contribution in [1.82, 2.24) is 9.62 Å². The van der Waals surface area contributed by atoms with Crippen molar-refractivity contribution in [2.24, 2.45) is 5.92 Å². The van der Waals surface area contributed by atoms with Gasteiger partial charge in [0.2, 0.25) is 15.9 Å². The summed E-state index contributed by atoms with van der Waals surface area (Å²) in [7, 11) is -3.69. The Balaban J connectivity index is 2.34. The number of anilines is 1. The summed E-state index contributed by atoms with van der Waals surface area (Å²) < 4.78 is 32.7. The molecule has 0 aliphatic carbocycles. The Morgan fingerprint density at radius 2 is 2.04 bits per heavy atom. The van der Waals surface area contributed by atoms with Gasteiger partial charge in [0.05, 0.1) is 12.5 Å². The number of nitrogens with zero attached hydrogens (tertiary/aromatic N) is 1. The van der Waals surface area contributed by atoms with E-state index in [1.165, 1.54) is 10.4 Å². The largest absolute Gasteiger partial charge is 0.492 e. The summed E-state index contributed by atoms with van der Waals surface area (Å²) in [5.41, 5.74) is 0.464. The fraction of sp³-hybridized carbons (Fsp3) is 0.588. The molecule has 140 valence electrons. The molecule has 25 heavy (non-hydrogen) atoms. The van der Waals surface area contributed by atoms with Gasteiger partial charge in [-0.2, -0.15) is 4.31 Å². The lowest BCUT2D eigenvalue weighted by atomic mass is 10.1. The second kappa shape index (κ2) is 8.64. The number of carbonyl (C=O) groups excluding carboxylic acids is 1. The highest BCUT2D eigenvalue weighted by atomic mass is 32.2. The molecule has 2 rings (SSSR count). The van der Waals surface area contributed by atoms with Gasteiger partial charge in [-0.05, 0) is 38.1 Å². The summed E-state index contributed by atoms with van der Waals surface area (Å²) in [4.78, 5) is 12.4. The van der Waals surface area contributed by atoms with E-state index in [1.54, 1.807) is 32.9 Å². The third-order valence-electron chi connectivity index (χ3n) is 4.27. The van der Waals surface area contributed by atoms with Crippen molar-refractivity contribution < 1.29 is 17.9 Å². The Morgan fingerprint density at radius 1 is 1.32 bits per heavy atom. The number of carbonyl (C=O) groups is 1. The van der Waals surface area contributed by atoms with Crippen LogP contribution in [-0.4, -0.2) is 51.4 Å². The van der Waals surface area contributed by atoms with Crippen LogP contribution in [0.25, 0.3) is 0 Å². The Hall–Kier alpha value is -1.64. The van der Waals surface area contributed by atoms with Crippen LogP contribution in [0.3, 0.4) is 0 Å². The first-order valence-corrected chi connectivity index (χ1v) is 10.2. The summed E-state index contributed by atoms with van der Waals surface area (Å²) in [5.74, 6) is 0.115. The van der Waals surface area contributed by atoms with Gasteiger partial charge in [0.15, 0.2) is 0 Å². The molecule has 1 amide bonds. The van der Waals surface area contributed by atoms with E-state index in [0.29, 0.717) is 37.7 Å². The molecule has 1 aliphatic rings. The zero-order valence-corrected chi connectivity index (χ0v) is 15.9. The predicted molar refractivity (Wildman–Crippen MR) is 97.3 cm³/mol. The van der Waals surface area contributed by atoms with Gasteiger partial charge in [-0.1, -0.05) is 13.8 Å². The van der Waals surface area contributed by atoms with Crippen LogP contribution in [0.5, 0.6) is 5.75 Å². The van der Waals surface area contributed by atoms with Crippen LogP contribution in [0.2, 0.25) is 0 Å². The zero-order chi connectivity index (χ0) is 18.4. The van der Waals surface area contributed by atoms with E-state index in [1.807, 2.05) is 0 Å². The third kappa shape index (κ3) is 4.50. The van der Waals surface area contributed by atoms with Gasteiger partial charge >= 0.3 is 0 Å². The summed E-state index contributed by atoms with van der Waals surface area (Å²) >= 11 is 0. The third-order valence-corrected chi connectivity index (χ3v) is 6.34. The van der Waals surface area contributed by atoms with Crippen molar-refractivity contribution in [2.75, 3.05) is 38.1 Å². The molecule has 0 aromatic heterocycles. The maximum Gasteiger partial charge on any atom is 0.246 e. The molecule has 1 aliphatic heterocycles. The molecule has 1 aromatic rings. The first-order valence-electron chi connectivity index (χ1n) is 8.72. The van der Waals surface area contributed by atoms with Gasteiger partial charge in [0.1, 0.15) is 10.6 Å². The molecular formula is C17H27N3O4S. The summed E-state index contributed by atoms with van der Waals surface area (Å²) in [6, 6.07) is 4.76. The van der Waals surface area contributed by atoms with Crippen molar-refractivity contribution in [2.45, 2.75) is 32.1 Å². The van der Waals surface area contributed by atoms with Gasteiger partial charge in [0.25, 0.3) is 0 Å². The Bertz CT molecular complexity index is 696. The monoisotopic (exact) mass is 369 g/mol. The van der Waals surface area contributed by atoms with Crippen LogP contribution in [0.15, 0.2) is 23.1 Å². The van der Waals surface area contributed by atoms with E-state index >= 15 is 0 Å². The van der Waals surface area contributed by atoms with Crippen LogP contribution >= 0.6 is 0 Å². The number of nitrogens with one attached hydrogen (secondary N) is 2. The Labute approximate surface area is 149 Å². The number of hydrogen-bond donors (Lipinski definition) is 2. The highest BCUT2D eigenvalue weighted by molar-refractivity contribution is 7.89. The second-order valence-corrected chi connectivity index (χ2v) is 7.77. The Morgan fingerprint density at radius 3 is 2.60 bits per heavy atom. The number of hydrogen-bond acceptors (Lipinski definition) is 5. The van der Waals surface area contributed by atoms with Crippen molar-refractivity contribution in [3.8, 4) is 5.75 Å². The zero-order valence-electron chi connectivity index (χ0n) is 15.0. The van der Waals surface area contributed by atoms with Crippen LogP contribution < -0.4 is 15.4 Å². The molecule has 2 N–H and O–H groups in total. The van der Waals surface area contributed by atoms with Crippen molar-refractivity contribution in [3.63, 3.8) is 0 Å². The molecule has 0 saturated carbocycles. The van der Waals surface area contributed by atoms with E-state index in [0.717, 1.165) is 13.0 Å². The molecule has 7 nitrogen and oxygen atoms in total. The molecule has 1 heterocycles. The van der Waals surface area contributed by atoms with Gasteiger partial charge < -0.3 is 15.4 Å². The molecule has 0 spiro atoms. The molecule has 1 unspecified atom stereocenters. The molecule has 1 aromatic carbocycles. The van der Waals surface area contributed by atoms with Crippen molar-refractivity contribution in [1.29, 1.82) is 0 Å². The fourth-order valence-corrected chi connectivity index (χ4v) is 4.50. The summed E-state index contributed by atoms with van der Waals surface area (Å²) in [5, 5.41) is 5.97. The van der Waals surface area contributed by atoms with Gasteiger partial charge in [-0.15, -0.1) is 0 Å². The normalized spacial score (nSPS) is 17.7. The van der Waals surface area contributed by atoms with E-state index < -0.39 is 10.0 Å². The topological polar surface area (TPSA) is 87.7 Å². The maximum absolute atomic E-state index is 12.9. The molecule has 1 saturated heterocycles. The number of sulfonamides is 1. The minimum atomic E-state index is -3.69. The maximum atomic E-state index is 12.9. The van der Waals surface area contributed by atoms with Crippen LogP contribution in [0.4, 0.5) is 5.69 Å². The van der Waals surface area contributed by atoms with Crippen molar-refractivity contribution >= 4 is 21.6 Å². The van der Waals surface area contributed by atoms with E-state index in [4.69, 9.17) is 4.74 Å². The molecule has 0 bridgehead atoms. The highest BCUT2D eigenvalue weighted by Crippen LogP contribution is 2.30. The average Bonchev–Trinajstić information content (AvgIpc) is 3.12. The molecule has 1 atom stereocenters. The predicted octanol–water partition coefficient (Wildman–Crippen LogP) is 1.66. The number of amides is 1. The second-order valence-electron chi connectivity index (χ2n) is 5.86. The van der Waals surface area contributed by atoms with Gasteiger partial charge in [-0.25, -0.2) is 8.42 Å². The molecular weight excluding hydrogens is 342 g/mol. The lowest BCUT2D eigenvalue weighted by Gasteiger charge is -2.21. The fourth-order valence-electron chi connectivity index (χ4n) is 2.89. The smallest absolute Gasteiger partial charge is 0.246 e. The van der Waals surface area contributed by atoms with E-state index in [-0.39, 0.29) is 16.7 Å². The molecule has 1 fully saturated rings. The standard InChI is InChI=1S/C17H27N3O4S/c1-4-20(5-2)25(22,23)16-11-14(7-8-15(16)24-6-3)19-17(21)13-9-10-18-12-13/h7-8,11,13,18H,4-6,9-10,12H2,1-3H3,(H,19,21). The average molecular weight is 369 g/mol. The highest BCUT2D eigenvalue weighted by Gasteiger charge is 2.27. The number of benzene rings is 1. The lowest BCUT2D eigenvalue weighted by Crippen LogP contribution is -2.31. The molecule has 0 radical (unpaired) electrons. The van der Waals surface area contributed by atoms with E-state index in [9.17, 15) is 13.2 Å². The first kappa shape index (κ1) is 19.7. The van der Waals surface area contributed by atoms with E-state index in [2.05, 4.69) is 10.6 Å². The minimum Gasteiger partial charge on any atom is -0.492 e. The van der Waals surface area contributed by atoms with Crippen LogP contribution in [0, 0.1) is 5.92 Å². The summed E-state index contributed by atoms with van der Waals surface area (Å²) in [6.45, 7) is 7.96. The van der Waals surface area contributed by atoms with Crippen LogP contribution in [0.1, 0.15) is 27.2 Å². The number of ether oxygens (including phenoxy) is 1. The van der Waals surface area contributed by atoms with Crippen molar-refractivity contribution in [3.05, 3.63) is 18.2 Å². The SMILES string of the molecule is CCOc1ccc(NC(=O)C2CCNC2)cc1S(=O)(=O)N(CC)CC. The van der Waals surface area contributed by atoms with Gasteiger partial charge in [-0.3, -0.25) is 4.79 Å². The van der Waals surface area contributed by atoms with Crippen LogP contribution in [-0.2, 0) is 14.8 Å². The summed E-state index contributed by atoms with van der Waals surface area (Å²) in [6.07, 6.45) is 0.785.